The minimum absolute atomic E-state index is 0.0189. The van der Waals surface area contributed by atoms with Gasteiger partial charge in [-0.15, -0.1) is 0 Å². The summed E-state index contributed by atoms with van der Waals surface area (Å²) in [6.45, 7) is 3.35. The van der Waals surface area contributed by atoms with Crippen LogP contribution in [0, 0.1) is 12.7 Å². The topological polar surface area (TPSA) is 85.9 Å². The van der Waals surface area contributed by atoms with Crippen molar-refractivity contribution in [3.05, 3.63) is 52.7 Å². The summed E-state index contributed by atoms with van der Waals surface area (Å²) in [7, 11) is 0. The van der Waals surface area contributed by atoms with Gasteiger partial charge in [0.05, 0.1) is 5.56 Å². The first kappa shape index (κ1) is 15.1. The quantitative estimate of drug-likeness (QED) is 0.691. The average molecular weight is 306 g/mol. The molecule has 1 atom stereocenters. The molecule has 108 valence electrons. The summed E-state index contributed by atoms with van der Waals surface area (Å²) in [6, 6.07) is 3.95. The Morgan fingerprint density at radius 1 is 1.38 bits per heavy atom. The highest BCUT2D eigenvalue weighted by Gasteiger charge is 2.24. The monoisotopic (exact) mass is 306 g/mol. The molecule has 1 aromatic carbocycles. The van der Waals surface area contributed by atoms with E-state index in [9.17, 15) is 13.4 Å². The third-order valence-electron chi connectivity index (χ3n) is 3.03. The van der Waals surface area contributed by atoms with Crippen LogP contribution in [0.1, 0.15) is 39.5 Å². The summed E-state index contributed by atoms with van der Waals surface area (Å²) in [4.78, 5) is 20.4. The Labute approximate surface area is 124 Å². The van der Waals surface area contributed by atoms with Crippen LogP contribution >= 0.6 is 0 Å². The smallest absolute Gasteiger partial charge is 0.383 e. The van der Waals surface area contributed by atoms with E-state index in [4.69, 9.17) is 5.73 Å². The molecule has 0 spiro atoms. The molecule has 2 N–H and O–H groups in total. The lowest BCUT2D eigenvalue weighted by Gasteiger charge is -2.07. The number of hydrogen-bond acceptors (Lipinski definition) is 5. The maximum absolute atomic E-state index is 13.3. The lowest BCUT2D eigenvalue weighted by Crippen LogP contribution is -2.12. The first-order valence-corrected chi connectivity index (χ1v) is 6.96. The van der Waals surface area contributed by atoms with E-state index < -0.39 is 16.9 Å². The molecule has 21 heavy (non-hydrogen) atoms. The number of nitrogen functional groups attached to an aromatic ring is 1. The summed E-state index contributed by atoms with van der Waals surface area (Å²) in [6.07, 6.45) is 1.27. The fourth-order valence-corrected chi connectivity index (χ4v) is 2.01. The van der Waals surface area contributed by atoms with E-state index in [1.807, 2.05) is 0 Å². The SMILES string of the molecule is Cc1ccc(F)cc1C(=O)c1cnc(C(C)[S+]=O)nc1N. The third-order valence-corrected chi connectivity index (χ3v) is 3.53. The molecule has 2 aromatic rings. The number of benzene rings is 1. The highest BCUT2D eigenvalue weighted by molar-refractivity contribution is 7.65. The molecule has 1 aromatic heterocycles. The minimum atomic E-state index is -0.503. The van der Waals surface area contributed by atoms with E-state index in [1.54, 1.807) is 13.8 Å². The Kier molecular flexibility index (Phi) is 4.32. The first-order valence-electron chi connectivity index (χ1n) is 6.16. The number of aryl methyl sites for hydroxylation is 1. The summed E-state index contributed by atoms with van der Waals surface area (Å²) < 4.78 is 24.0. The molecule has 0 aliphatic carbocycles. The lowest BCUT2D eigenvalue weighted by atomic mass is 10.0. The van der Waals surface area contributed by atoms with Crippen LogP contribution in [0.15, 0.2) is 24.4 Å². The maximum Gasteiger partial charge on any atom is 0.470 e. The van der Waals surface area contributed by atoms with Gasteiger partial charge in [0.15, 0.2) is 11.6 Å². The van der Waals surface area contributed by atoms with Crippen LogP contribution in [-0.4, -0.2) is 15.8 Å². The molecule has 7 heteroatoms. The van der Waals surface area contributed by atoms with E-state index in [0.717, 1.165) is 6.07 Å². The van der Waals surface area contributed by atoms with Crippen molar-refractivity contribution >= 4 is 23.3 Å². The number of anilines is 1. The number of carbonyl (C=O) groups excluding carboxylic acids is 1. The van der Waals surface area contributed by atoms with Gasteiger partial charge in [0.2, 0.25) is 0 Å². The van der Waals surface area contributed by atoms with Crippen molar-refractivity contribution in [3.63, 3.8) is 0 Å². The second kappa shape index (κ2) is 6.01. The number of carbonyl (C=O) groups is 1. The number of nitrogens with two attached hydrogens (primary N) is 1. The summed E-state index contributed by atoms with van der Waals surface area (Å²) in [5.74, 6) is -0.704. The number of rotatable bonds is 4. The largest absolute Gasteiger partial charge is 0.470 e. The summed E-state index contributed by atoms with van der Waals surface area (Å²) in [5, 5.41) is -0.465. The van der Waals surface area contributed by atoms with Crippen LogP contribution < -0.4 is 5.73 Å². The highest BCUT2D eigenvalue weighted by atomic mass is 32.1. The van der Waals surface area contributed by atoms with Crippen molar-refractivity contribution in [3.8, 4) is 0 Å². The van der Waals surface area contributed by atoms with Gasteiger partial charge in [-0.3, -0.25) is 4.79 Å². The molecule has 0 bridgehead atoms. The van der Waals surface area contributed by atoms with Crippen molar-refractivity contribution in [1.82, 2.24) is 9.97 Å². The van der Waals surface area contributed by atoms with Gasteiger partial charge in [-0.05, 0) is 24.6 Å². The van der Waals surface area contributed by atoms with Crippen molar-refractivity contribution in [2.75, 3.05) is 5.73 Å². The third kappa shape index (κ3) is 3.08. The van der Waals surface area contributed by atoms with Gasteiger partial charge in [-0.1, -0.05) is 6.07 Å². The van der Waals surface area contributed by atoms with Gasteiger partial charge >= 0.3 is 11.7 Å². The molecule has 5 nitrogen and oxygen atoms in total. The van der Waals surface area contributed by atoms with Crippen LogP contribution in [0.5, 0.6) is 0 Å². The fraction of sp³-hybridized carbons (Fsp3) is 0.214. The molecule has 0 radical (unpaired) electrons. The van der Waals surface area contributed by atoms with E-state index in [1.165, 1.54) is 18.3 Å². The molecule has 0 aliphatic heterocycles. The van der Waals surface area contributed by atoms with Crippen molar-refractivity contribution in [2.45, 2.75) is 19.1 Å². The van der Waals surface area contributed by atoms with E-state index >= 15 is 0 Å². The highest BCUT2D eigenvalue weighted by Crippen LogP contribution is 2.20. The molecule has 0 saturated carbocycles. The summed E-state index contributed by atoms with van der Waals surface area (Å²) in [5.41, 5.74) is 6.70. The maximum atomic E-state index is 13.3. The van der Waals surface area contributed by atoms with Crippen molar-refractivity contribution in [1.29, 1.82) is 0 Å². The number of ketones is 1. The molecule has 0 saturated heterocycles. The Balaban J connectivity index is 2.44. The van der Waals surface area contributed by atoms with Crippen LogP contribution in [0.25, 0.3) is 0 Å². The number of aromatic nitrogens is 2. The normalized spacial score (nSPS) is 12.0. The number of halogens is 1. The minimum Gasteiger partial charge on any atom is -0.383 e. The average Bonchev–Trinajstić information content (AvgIpc) is 2.48. The molecule has 0 aliphatic rings. The Morgan fingerprint density at radius 3 is 2.71 bits per heavy atom. The number of nitrogens with zero attached hydrogens (tertiary/aromatic N) is 2. The molecule has 1 unspecified atom stereocenters. The van der Waals surface area contributed by atoms with Crippen LogP contribution in [0.2, 0.25) is 0 Å². The van der Waals surface area contributed by atoms with Crippen LogP contribution in [-0.2, 0) is 15.9 Å². The second-order valence-corrected chi connectivity index (χ2v) is 5.45. The molecule has 2 rings (SSSR count). The van der Waals surface area contributed by atoms with Crippen molar-refractivity contribution in [2.24, 2.45) is 0 Å². The predicted molar refractivity (Wildman–Crippen MR) is 77.5 cm³/mol. The standard InChI is InChI=1S/C14H12FN3O2S/c1-7-3-4-9(15)5-10(7)12(19)11-6-17-14(8(2)21-20)18-13(11)16/h3-6,8H,1-2H3,(H-,16,17,18,19)/p+1. The van der Waals surface area contributed by atoms with Gasteiger partial charge in [-0.25, -0.2) is 14.4 Å². The van der Waals surface area contributed by atoms with Gasteiger partial charge in [0.1, 0.15) is 11.6 Å². The van der Waals surface area contributed by atoms with Gasteiger partial charge in [-0.2, -0.15) is 0 Å². The van der Waals surface area contributed by atoms with Gasteiger partial charge < -0.3 is 5.73 Å². The first-order chi connectivity index (χ1) is 9.93. The Morgan fingerprint density at radius 2 is 2.10 bits per heavy atom. The zero-order valence-corrected chi connectivity index (χ0v) is 12.3. The zero-order chi connectivity index (χ0) is 15.6. The molecule has 0 fully saturated rings. The molecule has 0 amide bonds. The van der Waals surface area contributed by atoms with E-state index in [0.29, 0.717) is 17.2 Å². The van der Waals surface area contributed by atoms with Gasteiger partial charge in [0, 0.05) is 22.9 Å². The Hall–Kier alpha value is -2.28. The zero-order valence-electron chi connectivity index (χ0n) is 11.5. The van der Waals surface area contributed by atoms with Gasteiger partial charge in [0.25, 0.3) is 5.25 Å². The van der Waals surface area contributed by atoms with Crippen LogP contribution in [0.4, 0.5) is 10.2 Å². The molecule has 1 heterocycles. The molecular weight excluding hydrogens is 293 g/mol. The number of hydrogen-bond donors (Lipinski definition) is 1. The fourth-order valence-electron chi connectivity index (χ4n) is 1.81. The molecular formula is C14H13FN3O2S+. The lowest BCUT2D eigenvalue weighted by molar-refractivity contribution is 0.103. The second-order valence-electron chi connectivity index (χ2n) is 4.55. The van der Waals surface area contributed by atoms with E-state index in [-0.39, 0.29) is 22.8 Å². The van der Waals surface area contributed by atoms with E-state index in [2.05, 4.69) is 9.97 Å². The van der Waals surface area contributed by atoms with Crippen LogP contribution in [0.3, 0.4) is 0 Å². The van der Waals surface area contributed by atoms with Crippen molar-refractivity contribution < 1.29 is 13.4 Å². The predicted octanol–water partition coefficient (Wildman–Crippen LogP) is 2.23. The Bertz CT molecular complexity index is 721. The summed E-state index contributed by atoms with van der Waals surface area (Å²) >= 11 is 0.337.